The molecule has 0 heterocycles. The van der Waals surface area contributed by atoms with Gasteiger partial charge in [0.25, 0.3) is 5.91 Å². The van der Waals surface area contributed by atoms with Crippen molar-refractivity contribution in [3.63, 3.8) is 0 Å². The van der Waals surface area contributed by atoms with Crippen LogP contribution < -0.4 is 10.1 Å². The number of methoxy groups -OCH3 is 1. The van der Waals surface area contributed by atoms with Crippen LogP contribution in [-0.4, -0.2) is 25.6 Å². The van der Waals surface area contributed by atoms with Crippen molar-refractivity contribution in [2.45, 2.75) is 6.92 Å². The smallest absolute Gasteiger partial charge is 0.338 e. The Labute approximate surface area is 149 Å². The lowest BCUT2D eigenvalue weighted by atomic mass is 10.1. The molecular weight excluding hydrogens is 353 g/mol. The van der Waals surface area contributed by atoms with Crippen LogP contribution in [0, 0.1) is 6.92 Å². The fourth-order valence-electron chi connectivity index (χ4n) is 1.95. The first-order valence-corrected chi connectivity index (χ1v) is 7.73. The molecule has 2 rings (SSSR count). The monoisotopic (exact) mass is 367 g/mol. The predicted molar refractivity (Wildman–Crippen MR) is 93.1 cm³/mol. The van der Waals surface area contributed by atoms with Gasteiger partial charge in [0.1, 0.15) is 5.75 Å². The van der Waals surface area contributed by atoms with Gasteiger partial charge in [0.2, 0.25) is 0 Å². The average Bonchev–Trinajstić information content (AvgIpc) is 2.57. The first kappa shape index (κ1) is 18.1. The summed E-state index contributed by atoms with van der Waals surface area (Å²) in [4.78, 5) is 23.9. The van der Waals surface area contributed by atoms with Crippen LogP contribution in [0.1, 0.15) is 15.9 Å². The summed E-state index contributed by atoms with van der Waals surface area (Å²) >= 11 is 11.8. The normalized spacial score (nSPS) is 10.2. The molecule has 0 aliphatic rings. The van der Waals surface area contributed by atoms with Gasteiger partial charge < -0.3 is 14.8 Å². The molecule has 126 valence electrons. The molecule has 2 aromatic carbocycles. The molecule has 0 bridgehead atoms. The van der Waals surface area contributed by atoms with Gasteiger partial charge in [-0.25, -0.2) is 4.79 Å². The lowest BCUT2D eigenvalue weighted by Crippen LogP contribution is -2.21. The van der Waals surface area contributed by atoms with Crippen LogP contribution in [-0.2, 0) is 9.53 Å². The molecule has 0 aliphatic carbocycles. The van der Waals surface area contributed by atoms with Crippen molar-refractivity contribution in [3.8, 4) is 5.75 Å². The van der Waals surface area contributed by atoms with Gasteiger partial charge in [0, 0.05) is 0 Å². The van der Waals surface area contributed by atoms with E-state index in [4.69, 9.17) is 32.7 Å². The third kappa shape index (κ3) is 4.40. The molecule has 24 heavy (non-hydrogen) atoms. The Hall–Kier alpha value is -2.24. The highest BCUT2D eigenvalue weighted by atomic mass is 35.5. The van der Waals surface area contributed by atoms with Crippen LogP contribution in [0.4, 0.5) is 5.69 Å². The number of benzene rings is 2. The number of carbonyl (C=O) groups is 2. The van der Waals surface area contributed by atoms with Gasteiger partial charge >= 0.3 is 5.97 Å². The Kier molecular flexibility index (Phi) is 6.06. The summed E-state index contributed by atoms with van der Waals surface area (Å²) in [5.74, 6) is -0.577. The molecule has 0 fully saturated rings. The van der Waals surface area contributed by atoms with E-state index in [2.05, 4.69) is 5.32 Å². The third-order valence-corrected chi connectivity index (χ3v) is 4.02. The lowest BCUT2D eigenvalue weighted by molar-refractivity contribution is -0.119. The Morgan fingerprint density at radius 3 is 2.62 bits per heavy atom. The molecule has 0 atom stereocenters. The van der Waals surface area contributed by atoms with Crippen LogP contribution in [0.15, 0.2) is 36.4 Å². The van der Waals surface area contributed by atoms with E-state index >= 15 is 0 Å². The van der Waals surface area contributed by atoms with Crippen LogP contribution >= 0.6 is 23.2 Å². The van der Waals surface area contributed by atoms with Crippen molar-refractivity contribution < 1.29 is 19.1 Å². The molecule has 0 saturated carbocycles. The molecular formula is C17H15Cl2NO4. The summed E-state index contributed by atoms with van der Waals surface area (Å²) in [6.45, 7) is 1.41. The van der Waals surface area contributed by atoms with Crippen LogP contribution in [0.3, 0.4) is 0 Å². The molecule has 0 unspecified atom stereocenters. The Bertz CT molecular complexity index is 777. The highest BCUT2D eigenvalue weighted by Gasteiger charge is 2.13. The maximum Gasteiger partial charge on any atom is 0.338 e. The number of amides is 1. The van der Waals surface area contributed by atoms with E-state index in [1.807, 2.05) is 6.92 Å². The molecule has 0 spiro atoms. The number of rotatable bonds is 5. The van der Waals surface area contributed by atoms with E-state index in [-0.39, 0.29) is 5.02 Å². The highest BCUT2D eigenvalue weighted by molar-refractivity contribution is 6.44. The average molecular weight is 368 g/mol. The first-order chi connectivity index (χ1) is 11.4. The van der Waals surface area contributed by atoms with Crippen molar-refractivity contribution in [2.24, 2.45) is 0 Å². The summed E-state index contributed by atoms with van der Waals surface area (Å²) in [5, 5.41) is 3.07. The predicted octanol–water partition coefficient (Wildman–Crippen LogP) is 4.11. The molecule has 1 N–H and O–H groups in total. The third-order valence-electron chi connectivity index (χ3n) is 3.20. The Balaban J connectivity index is 1.96. The SMILES string of the molecule is COc1cc(C(=O)OCC(=O)Nc2cccc(Cl)c2Cl)ccc1C. The van der Waals surface area contributed by atoms with E-state index in [0.29, 0.717) is 22.0 Å². The standard InChI is InChI=1S/C17H15Cl2NO4/c1-10-6-7-11(8-14(10)23-2)17(22)24-9-15(21)20-13-5-3-4-12(18)16(13)19/h3-8H,9H2,1-2H3,(H,20,21). The molecule has 0 radical (unpaired) electrons. The van der Waals surface area contributed by atoms with E-state index < -0.39 is 18.5 Å². The molecule has 7 heteroatoms. The van der Waals surface area contributed by atoms with Crippen LogP contribution in [0.2, 0.25) is 10.0 Å². The zero-order valence-electron chi connectivity index (χ0n) is 13.1. The molecule has 0 saturated heterocycles. The number of hydrogen-bond donors (Lipinski definition) is 1. The maximum absolute atomic E-state index is 12.0. The van der Waals surface area contributed by atoms with E-state index in [0.717, 1.165) is 5.56 Å². The number of hydrogen-bond acceptors (Lipinski definition) is 4. The quantitative estimate of drug-likeness (QED) is 0.807. The number of anilines is 1. The molecule has 1 amide bonds. The number of nitrogens with one attached hydrogen (secondary N) is 1. The van der Waals surface area contributed by atoms with E-state index in [1.54, 1.807) is 36.4 Å². The largest absolute Gasteiger partial charge is 0.496 e. The number of aryl methyl sites for hydroxylation is 1. The Morgan fingerprint density at radius 2 is 1.92 bits per heavy atom. The second kappa shape index (κ2) is 8.04. The van der Waals surface area contributed by atoms with Crippen molar-refractivity contribution in [1.29, 1.82) is 0 Å². The second-order valence-corrected chi connectivity index (χ2v) is 5.70. The van der Waals surface area contributed by atoms with Crippen molar-refractivity contribution in [2.75, 3.05) is 19.0 Å². The van der Waals surface area contributed by atoms with Gasteiger partial charge in [-0.2, -0.15) is 0 Å². The summed E-state index contributed by atoms with van der Waals surface area (Å²) in [5.41, 5.74) is 1.54. The van der Waals surface area contributed by atoms with Crippen molar-refractivity contribution >= 4 is 40.8 Å². The van der Waals surface area contributed by atoms with Gasteiger partial charge in [-0.05, 0) is 36.8 Å². The lowest BCUT2D eigenvalue weighted by Gasteiger charge is -2.10. The maximum atomic E-state index is 12.0. The molecule has 5 nitrogen and oxygen atoms in total. The summed E-state index contributed by atoms with van der Waals surface area (Å²) < 4.78 is 10.1. The zero-order chi connectivity index (χ0) is 17.7. The fraction of sp³-hybridized carbons (Fsp3) is 0.176. The highest BCUT2D eigenvalue weighted by Crippen LogP contribution is 2.29. The molecule has 2 aromatic rings. The Morgan fingerprint density at radius 1 is 1.17 bits per heavy atom. The molecule has 0 aromatic heterocycles. The van der Waals surface area contributed by atoms with Crippen molar-refractivity contribution in [1.82, 2.24) is 0 Å². The number of carbonyl (C=O) groups excluding carboxylic acids is 2. The molecule has 0 aliphatic heterocycles. The van der Waals surface area contributed by atoms with E-state index in [9.17, 15) is 9.59 Å². The number of halogens is 2. The second-order valence-electron chi connectivity index (χ2n) is 4.91. The minimum Gasteiger partial charge on any atom is -0.496 e. The number of ether oxygens (including phenoxy) is 2. The van der Waals surface area contributed by atoms with Gasteiger partial charge in [0.15, 0.2) is 6.61 Å². The van der Waals surface area contributed by atoms with Crippen molar-refractivity contribution in [3.05, 3.63) is 57.6 Å². The van der Waals surface area contributed by atoms with Crippen LogP contribution in [0.5, 0.6) is 5.75 Å². The van der Waals surface area contributed by atoms with Gasteiger partial charge in [-0.15, -0.1) is 0 Å². The minimum absolute atomic E-state index is 0.224. The van der Waals surface area contributed by atoms with Gasteiger partial charge in [-0.1, -0.05) is 35.3 Å². The fourth-order valence-corrected chi connectivity index (χ4v) is 2.30. The van der Waals surface area contributed by atoms with Gasteiger partial charge in [-0.3, -0.25) is 4.79 Å². The first-order valence-electron chi connectivity index (χ1n) is 6.98. The number of esters is 1. The summed E-state index contributed by atoms with van der Waals surface area (Å²) in [6, 6.07) is 9.74. The van der Waals surface area contributed by atoms with Gasteiger partial charge in [0.05, 0.1) is 28.4 Å². The summed E-state index contributed by atoms with van der Waals surface area (Å²) in [7, 11) is 1.51. The summed E-state index contributed by atoms with van der Waals surface area (Å²) in [6.07, 6.45) is 0. The zero-order valence-corrected chi connectivity index (χ0v) is 14.6. The topological polar surface area (TPSA) is 64.6 Å². The minimum atomic E-state index is -0.624. The van der Waals surface area contributed by atoms with E-state index in [1.165, 1.54) is 7.11 Å². The van der Waals surface area contributed by atoms with Crippen LogP contribution in [0.25, 0.3) is 0 Å².